The number of carbonyl (C=O) groups is 2. The summed E-state index contributed by atoms with van der Waals surface area (Å²) in [5.41, 5.74) is 1.11. The number of hydrogen-bond acceptors (Lipinski definition) is 6. The van der Waals surface area contributed by atoms with Crippen LogP contribution in [0.25, 0.3) is 17.4 Å². The van der Waals surface area contributed by atoms with Gasteiger partial charge in [0.05, 0.1) is 12.1 Å². The number of hydrogen-bond donors (Lipinski definition) is 1. The molecule has 3 rings (SSSR count). The summed E-state index contributed by atoms with van der Waals surface area (Å²) in [4.78, 5) is 23.4. The number of carbonyl (C=O) groups excluding carboxylic acids is 2. The first kappa shape index (κ1) is 19.4. The number of benzene rings is 1. The summed E-state index contributed by atoms with van der Waals surface area (Å²) in [6.07, 6.45) is 3.19. The molecule has 1 atom stereocenters. The second-order valence-electron chi connectivity index (χ2n) is 6.48. The number of rotatable bonds is 6. The second kappa shape index (κ2) is 8.55. The van der Waals surface area contributed by atoms with Crippen molar-refractivity contribution in [1.82, 2.24) is 5.32 Å². The first-order valence-electron chi connectivity index (χ1n) is 8.92. The number of carboxylic acid groups (broad SMARTS) is 1. The van der Waals surface area contributed by atoms with E-state index < -0.39 is 11.9 Å². The number of aromatic carboxylic acids is 1. The maximum absolute atomic E-state index is 12.2. The Balaban J connectivity index is 1.77. The highest BCUT2D eigenvalue weighted by atomic mass is 16.5. The van der Waals surface area contributed by atoms with E-state index in [4.69, 9.17) is 9.15 Å². The SMILES string of the molecule is Cc1c(C(=O)[O-])cccc1-c1ccc(/C=C(\C#N)C(=O)NC[C@H]2CCCO2)o1. The quantitative estimate of drug-likeness (QED) is 0.605. The number of nitriles is 1. The average Bonchev–Trinajstić information content (AvgIpc) is 3.36. The van der Waals surface area contributed by atoms with Gasteiger partial charge in [0.25, 0.3) is 5.91 Å². The number of nitrogens with zero attached hydrogens (tertiary/aromatic N) is 1. The third kappa shape index (κ3) is 4.30. The van der Waals surface area contributed by atoms with E-state index in [-0.39, 0.29) is 17.2 Å². The normalized spacial score (nSPS) is 16.6. The van der Waals surface area contributed by atoms with Crippen molar-refractivity contribution in [3.05, 3.63) is 52.8 Å². The molecule has 1 aliphatic rings. The number of amides is 1. The van der Waals surface area contributed by atoms with Crippen molar-refractivity contribution in [2.24, 2.45) is 0 Å². The molecule has 1 aromatic heterocycles. The van der Waals surface area contributed by atoms with Crippen LogP contribution in [-0.4, -0.2) is 31.1 Å². The highest BCUT2D eigenvalue weighted by Crippen LogP contribution is 2.28. The Hall–Kier alpha value is -3.37. The number of nitrogens with one attached hydrogen (secondary N) is 1. The highest BCUT2D eigenvalue weighted by molar-refractivity contribution is 6.01. The first-order valence-corrected chi connectivity index (χ1v) is 8.92. The molecule has 2 aromatic rings. The van der Waals surface area contributed by atoms with Crippen molar-refractivity contribution in [3.8, 4) is 17.4 Å². The Morgan fingerprint density at radius 2 is 2.18 bits per heavy atom. The second-order valence-corrected chi connectivity index (χ2v) is 6.48. The lowest BCUT2D eigenvalue weighted by molar-refractivity contribution is -0.255. The highest BCUT2D eigenvalue weighted by Gasteiger charge is 2.18. The Morgan fingerprint density at radius 3 is 2.86 bits per heavy atom. The molecule has 0 bridgehead atoms. The van der Waals surface area contributed by atoms with Gasteiger partial charge in [0.1, 0.15) is 23.2 Å². The van der Waals surface area contributed by atoms with Crippen LogP contribution in [0.2, 0.25) is 0 Å². The van der Waals surface area contributed by atoms with Gasteiger partial charge in [-0.05, 0) is 37.5 Å². The Kier molecular flexibility index (Phi) is 5.92. The minimum absolute atomic E-state index is 0.0157. The van der Waals surface area contributed by atoms with Gasteiger partial charge in [-0.25, -0.2) is 0 Å². The number of ether oxygens (including phenoxy) is 1. The van der Waals surface area contributed by atoms with Crippen LogP contribution in [-0.2, 0) is 9.53 Å². The van der Waals surface area contributed by atoms with Crippen LogP contribution in [0, 0.1) is 18.3 Å². The molecule has 1 saturated heterocycles. The van der Waals surface area contributed by atoms with E-state index in [2.05, 4.69) is 5.32 Å². The zero-order valence-corrected chi connectivity index (χ0v) is 15.4. The largest absolute Gasteiger partial charge is 0.545 e. The topological polar surface area (TPSA) is 115 Å². The molecule has 7 heteroatoms. The van der Waals surface area contributed by atoms with E-state index in [1.165, 1.54) is 12.1 Å². The molecule has 28 heavy (non-hydrogen) atoms. The average molecular weight is 379 g/mol. The molecule has 0 aliphatic carbocycles. The van der Waals surface area contributed by atoms with Crippen molar-refractivity contribution in [2.75, 3.05) is 13.2 Å². The van der Waals surface area contributed by atoms with Gasteiger partial charge in [-0.2, -0.15) is 5.26 Å². The third-order valence-corrected chi connectivity index (χ3v) is 4.61. The summed E-state index contributed by atoms with van der Waals surface area (Å²) in [6.45, 7) is 2.71. The monoisotopic (exact) mass is 379 g/mol. The minimum Gasteiger partial charge on any atom is -0.545 e. The molecule has 2 heterocycles. The smallest absolute Gasteiger partial charge is 0.262 e. The molecular weight excluding hydrogens is 360 g/mol. The maximum atomic E-state index is 12.2. The lowest BCUT2D eigenvalue weighted by Crippen LogP contribution is -2.32. The van der Waals surface area contributed by atoms with Crippen molar-refractivity contribution in [1.29, 1.82) is 5.26 Å². The van der Waals surface area contributed by atoms with Crippen LogP contribution in [0.15, 0.2) is 40.3 Å². The zero-order chi connectivity index (χ0) is 20.1. The predicted octanol–water partition coefficient (Wildman–Crippen LogP) is 1.82. The van der Waals surface area contributed by atoms with Gasteiger partial charge >= 0.3 is 0 Å². The van der Waals surface area contributed by atoms with Crippen LogP contribution in [0.1, 0.15) is 34.5 Å². The molecule has 7 nitrogen and oxygen atoms in total. The van der Waals surface area contributed by atoms with Gasteiger partial charge in [0.15, 0.2) is 0 Å². The lowest BCUT2D eigenvalue weighted by atomic mass is 10.0. The minimum atomic E-state index is -1.26. The molecule has 1 aromatic carbocycles. The molecule has 1 amide bonds. The van der Waals surface area contributed by atoms with E-state index in [0.717, 1.165) is 12.8 Å². The first-order chi connectivity index (χ1) is 13.5. The van der Waals surface area contributed by atoms with E-state index in [0.29, 0.717) is 35.8 Å². The van der Waals surface area contributed by atoms with Crippen LogP contribution in [0.5, 0.6) is 0 Å². The Bertz CT molecular complexity index is 961. The van der Waals surface area contributed by atoms with E-state index in [1.807, 2.05) is 6.07 Å². The molecule has 0 saturated carbocycles. The third-order valence-electron chi connectivity index (χ3n) is 4.61. The Labute approximate surface area is 162 Å². The van der Waals surface area contributed by atoms with E-state index in [9.17, 15) is 20.0 Å². The van der Waals surface area contributed by atoms with Crippen molar-refractivity contribution >= 4 is 18.0 Å². The summed E-state index contributed by atoms with van der Waals surface area (Å²) in [5.74, 6) is -1.01. The van der Waals surface area contributed by atoms with E-state index in [1.54, 1.807) is 31.2 Å². The van der Waals surface area contributed by atoms with Crippen LogP contribution in [0.4, 0.5) is 0 Å². The fourth-order valence-corrected chi connectivity index (χ4v) is 3.10. The molecule has 1 aliphatic heterocycles. The lowest BCUT2D eigenvalue weighted by Gasteiger charge is -2.10. The fourth-order valence-electron chi connectivity index (χ4n) is 3.10. The predicted molar refractivity (Wildman–Crippen MR) is 98.8 cm³/mol. The molecular formula is C21H19N2O5-. The summed E-state index contributed by atoms with van der Waals surface area (Å²) in [7, 11) is 0. The number of carboxylic acids is 1. The summed E-state index contributed by atoms with van der Waals surface area (Å²) in [5, 5.41) is 23.2. The molecule has 144 valence electrons. The molecule has 0 spiro atoms. The number of furan rings is 1. The van der Waals surface area contributed by atoms with Crippen LogP contribution < -0.4 is 10.4 Å². The summed E-state index contributed by atoms with van der Waals surface area (Å²) in [6, 6.07) is 9.94. The van der Waals surface area contributed by atoms with Gasteiger partial charge < -0.3 is 24.4 Å². The van der Waals surface area contributed by atoms with E-state index >= 15 is 0 Å². The standard InChI is InChI=1S/C21H20N2O5/c1-13-17(5-2-6-18(13)21(25)26)19-8-7-15(28-19)10-14(11-22)20(24)23-12-16-4-3-9-27-16/h2,5-8,10,16H,3-4,9,12H2,1H3,(H,23,24)(H,25,26)/p-1/b14-10+/t16-/m1/s1. The van der Waals surface area contributed by atoms with Crippen LogP contribution >= 0.6 is 0 Å². The van der Waals surface area contributed by atoms with Crippen molar-refractivity contribution < 1.29 is 23.8 Å². The fraction of sp³-hybridized carbons (Fsp3) is 0.286. The van der Waals surface area contributed by atoms with Gasteiger partial charge in [-0.3, -0.25) is 4.79 Å². The van der Waals surface area contributed by atoms with Crippen molar-refractivity contribution in [2.45, 2.75) is 25.9 Å². The molecule has 1 fully saturated rings. The summed E-state index contributed by atoms with van der Waals surface area (Å²) < 4.78 is 11.1. The van der Waals surface area contributed by atoms with Gasteiger partial charge in [-0.15, -0.1) is 0 Å². The maximum Gasteiger partial charge on any atom is 0.262 e. The Morgan fingerprint density at radius 1 is 1.36 bits per heavy atom. The zero-order valence-electron chi connectivity index (χ0n) is 15.4. The summed E-state index contributed by atoms with van der Waals surface area (Å²) >= 11 is 0. The molecule has 0 radical (unpaired) electrons. The van der Waals surface area contributed by atoms with Crippen molar-refractivity contribution in [3.63, 3.8) is 0 Å². The molecule has 0 unspecified atom stereocenters. The van der Waals surface area contributed by atoms with Gasteiger partial charge in [0, 0.05) is 30.4 Å². The van der Waals surface area contributed by atoms with Crippen LogP contribution in [0.3, 0.4) is 0 Å². The molecule has 1 N–H and O–H groups in total. The van der Waals surface area contributed by atoms with Gasteiger partial charge in [0.2, 0.25) is 0 Å². The van der Waals surface area contributed by atoms with Gasteiger partial charge in [-0.1, -0.05) is 18.2 Å².